The Balaban J connectivity index is 0.000000267. The lowest BCUT2D eigenvalue weighted by atomic mass is 9.84. The zero-order valence-corrected chi connectivity index (χ0v) is 32.0. The number of likely N-dealkylation sites (N-methyl/N-ethyl adjacent to an activating group) is 4. The molecule has 0 bridgehead atoms. The molecule has 0 spiro atoms. The average molecular weight is 692 g/mol. The third kappa shape index (κ3) is 10.7. The Morgan fingerprint density at radius 2 is 1.04 bits per heavy atom. The lowest BCUT2D eigenvalue weighted by Gasteiger charge is -2.41. The van der Waals surface area contributed by atoms with E-state index in [-0.39, 0.29) is 11.5 Å². The molecule has 0 aliphatic heterocycles. The van der Waals surface area contributed by atoms with Crippen LogP contribution in [0.5, 0.6) is 11.5 Å². The van der Waals surface area contributed by atoms with Crippen molar-refractivity contribution in [1.29, 1.82) is 0 Å². The van der Waals surface area contributed by atoms with Crippen molar-refractivity contribution in [3.8, 4) is 11.5 Å². The van der Waals surface area contributed by atoms with Crippen molar-refractivity contribution >= 4 is 5.69 Å². The third-order valence-electron chi connectivity index (χ3n) is 10.6. The molecule has 2 N–H and O–H groups in total. The molecule has 0 aromatic heterocycles. The molecule has 0 radical (unpaired) electrons. The Labute approximate surface area is 294 Å². The number of phenols is 2. The fourth-order valence-corrected chi connectivity index (χ4v) is 7.76. The summed E-state index contributed by atoms with van der Waals surface area (Å²) in [4.78, 5) is 11.2. The molecule has 278 valence electrons. The van der Waals surface area contributed by atoms with Crippen LogP contribution in [0, 0.1) is 0 Å². The number of hydrogen-bond acceptors (Lipinski definition) is 7. The van der Waals surface area contributed by atoms with Crippen LogP contribution in [-0.2, 0) is 24.7 Å². The number of rotatable bonds is 9. The summed E-state index contributed by atoms with van der Waals surface area (Å²) >= 11 is 0. The van der Waals surface area contributed by atoms with Crippen LogP contribution < -0.4 is 4.90 Å². The highest BCUT2D eigenvalue weighted by Gasteiger charge is 2.36. The zero-order valence-electron chi connectivity index (χ0n) is 32.0. The molecule has 0 unspecified atom stereocenters. The zero-order chi connectivity index (χ0) is 36.8. The van der Waals surface area contributed by atoms with Crippen LogP contribution >= 0.6 is 0 Å². The molecule has 4 atom stereocenters. The van der Waals surface area contributed by atoms with Crippen LogP contribution in [-0.4, -0.2) is 110 Å². The molecule has 4 rings (SSSR count). The summed E-state index contributed by atoms with van der Waals surface area (Å²) in [6, 6.07) is 9.92. The fraction of sp³-hybridized carbons (Fsp3) is 0.692. The predicted octanol–water partition coefficient (Wildman–Crippen LogP) is 7.78. The molecule has 2 aliphatic rings. The average Bonchev–Trinajstić information content (AvgIpc) is 3.01. The van der Waals surface area contributed by atoms with Crippen molar-refractivity contribution < 1.29 is 23.4 Å². The van der Waals surface area contributed by atoms with E-state index in [2.05, 4.69) is 92.6 Å². The number of benzene rings is 2. The fourth-order valence-electron chi connectivity index (χ4n) is 7.76. The quantitative estimate of drug-likeness (QED) is 0.279. The maximum absolute atomic E-state index is 12.9. The number of phenolic OH excluding ortho intramolecular Hbond substituents is 2. The largest absolute Gasteiger partial charge is 0.507 e. The maximum atomic E-state index is 12.9. The Hall–Kier alpha value is -2.53. The molecular formula is C39H64F3N5O2. The van der Waals surface area contributed by atoms with Gasteiger partial charge in [-0.3, -0.25) is 9.80 Å². The van der Waals surface area contributed by atoms with Gasteiger partial charge in [0.25, 0.3) is 0 Å². The highest BCUT2D eigenvalue weighted by atomic mass is 19.4. The first-order chi connectivity index (χ1) is 22.7. The molecule has 2 aromatic carbocycles. The van der Waals surface area contributed by atoms with E-state index in [4.69, 9.17) is 0 Å². The number of halogens is 3. The summed E-state index contributed by atoms with van der Waals surface area (Å²) in [7, 11) is 16.7. The first-order valence-electron chi connectivity index (χ1n) is 17.9. The van der Waals surface area contributed by atoms with Crippen molar-refractivity contribution in [1.82, 2.24) is 19.6 Å². The van der Waals surface area contributed by atoms with E-state index in [9.17, 15) is 23.4 Å². The smallest absolute Gasteiger partial charge is 0.419 e. The summed E-state index contributed by atoms with van der Waals surface area (Å²) in [5, 5.41) is 21.0. The molecule has 0 amide bonds. The number of anilines is 1. The second-order valence-electron chi connectivity index (χ2n) is 16.1. The van der Waals surface area contributed by atoms with Crippen LogP contribution in [0.15, 0.2) is 30.3 Å². The van der Waals surface area contributed by atoms with Crippen LogP contribution in [0.4, 0.5) is 18.9 Å². The highest BCUT2D eigenvalue weighted by Crippen LogP contribution is 2.39. The highest BCUT2D eigenvalue weighted by molar-refractivity contribution is 5.58. The van der Waals surface area contributed by atoms with E-state index in [1.165, 1.54) is 38.2 Å². The van der Waals surface area contributed by atoms with E-state index in [1.54, 1.807) is 6.07 Å². The number of nitrogens with zero attached hydrogens (tertiary/aromatic N) is 5. The van der Waals surface area contributed by atoms with E-state index < -0.39 is 17.5 Å². The van der Waals surface area contributed by atoms with E-state index in [1.807, 2.05) is 21.1 Å². The third-order valence-corrected chi connectivity index (χ3v) is 10.6. The Bertz CT molecular complexity index is 1340. The van der Waals surface area contributed by atoms with Gasteiger partial charge in [0, 0.05) is 73.7 Å². The SMILES string of the molecule is CN(C)[C@@H]1CCCC[C@H]1N(C)Cc1cccc(C(F)(F)F)c1O.CN(C)c1cc(CN(C)[C@@H]2CCCC[C@H]2N(C)C)c(O)c(C(C)(C)C)c1. The van der Waals surface area contributed by atoms with Gasteiger partial charge in [0.15, 0.2) is 0 Å². The molecular weight excluding hydrogens is 627 g/mol. The topological polar surface area (TPSA) is 56.7 Å². The van der Waals surface area contributed by atoms with Gasteiger partial charge < -0.3 is 24.9 Å². The lowest BCUT2D eigenvalue weighted by molar-refractivity contribution is -0.138. The second kappa shape index (κ2) is 17.1. The number of para-hydroxylation sites is 1. The van der Waals surface area contributed by atoms with Crippen molar-refractivity contribution in [2.75, 3.05) is 61.3 Å². The molecule has 7 nitrogen and oxygen atoms in total. The van der Waals surface area contributed by atoms with Gasteiger partial charge in [-0.1, -0.05) is 58.6 Å². The van der Waals surface area contributed by atoms with Gasteiger partial charge in [-0.05, 0) is 91.6 Å². The monoisotopic (exact) mass is 692 g/mol. The van der Waals surface area contributed by atoms with Gasteiger partial charge in [-0.15, -0.1) is 0 Å². The van der Waals surface area contributed by atoms with Crippen LogP contribution in [0.1, 0.15) is 94.4 Å². The van der Waals surface area contributed by atoms with Crippen LogP contribution in [0.2, 0.25) is 0 Å². The van der Waals surface area contributed by atoms with Gasteiger partial charge in [-0.25, -0.2) is 0 Å². The summed E-state index contributed by atoms with van der Waals surface area (Å²) < 4.78 is 38.7. The minimum absolute atomic E-state index is 0.0829. The summed E-state index contributed by atoms with van der Waals surface area (Å²) in [5.74, 6) is -0.184. The molecule has 2 fully saturated rings. The Kier molecular flexibility index (Phi) is 14.3. The van der Waals surface area contributed by atoms with Gasteiger partial charge in [0.1, 0.15) is 11.5 Å². The number of alkyl halides is 3. The summed E-state index contributed by atoms with van der Waals surface area (Å²) in [6.07, 6.45) is 5.03. The Morgan fingerprint density at radius 1 is 0.612 bits per heavy atom. The first kappa shape index (κ1) is 40.9. The first-order valence-corrected chi connectivity index (χ1v) is 17.9. The summed E-state index contributed by atoms with van der Waals surface area (Å²) in [6.45, 7) is 7.59. The van der Waals surface area contributed by atoms with Crippen LogP contribution in [0.25, 0.3) is 0 Å². The molecule has 2 aromatic rings. The number of hydrogen-bond donors (Lipinski definition) is 2. The standard InChI is InChI=1S/C22H39N3O.C17H25F3N2O/c1-22(2,3)18-14-17(23(4)5)13-16(21(18)26)15-25(8)20-12-10-9-11-19(20)24(6)7;1-21(2)14-9-4-5-10-15(14)22(3)11-12-7-6-8-13(16(12)23)17(18,19)20/h13-14,19-20,26H,9-12,15H2,1-8H3;6-8,14-15,23H,4-5,9-11H2,1-3H3/t19-,20-;14-,15-/m11/s1. The molecule has 2 saturated carbocycles. The minimum atomic E-state index is -4.53. The minimum Gasteiger partial charge on any atom is -0.507 e. The van der Waals surface area contributed by atoms with Gasteiger partial charge in [0.05, 0.1) is 5.56 Å². The van der Waals surface area contributed by atoms with Gasteiger partial charge in [-0.2, -0.15) is 13.2 Å². The maximum Gasteiger partial charge on any atom is 0.419 e. The van der Waals surface area contributed by atoms with Crippen molar-refractivity contribution in [2.24, 2.45) is 0 Å². The van der Waals surface area contributed by atoms with Crippen molar-refractivity contribution in [3.05, 3.63) is 52.6 Å². The van der Waals surface area contributed by atoms with E-state index in [0.717, 1.165) is 48.7 Å². The Morgan fingerprint density at radius 3 is 1.45 bits per heavy atom. The number of aromatic hydroxyl groups is 2. The molecule has 10 heteroatoms. The van der Waals surface area contributed by atoms with E-state index >= 15 is 0 Å². The molecule has 2 aliphatic carbocycles. The normalized spacial score (nSPS) is 22.1. The van der Waals surface area contributed by atoms with Crippen molar-refractivity contribution in [3.63, 3.8) is 0 Å². The van der Waals surface area contributed by atoms with Crippen molar-refractivity contribution in [2.45, 2.75) is 121 Å². The molecule has 0 heterocycles. The van der Waals surface area contributed by atoms with Gasteiger partial charge in [0.2, 0.25) is 0 Å². The predicted molar refractivity (Wildman–Crippen MR) is 197 cm³/mol. The summed E-state index contributed by atoms with van der Waals surface area (Å²) in [5.41, 5.74) is 2.50. The lowest BCUT2D eigenvalue weighted by Crippen LogP contribution is -2.49. The van der Waals surface area contributed by atoms with E-state index in [0.29, 0.717) is 36.0 Å². The molecule has 49 heavy (non-hydrogen) atoms. The van der Waals surface area contributed by atoms with Crippen LogP contribution in [0.3, 0.4) is 0 Å². The molecule has 0 saturated heterocycles. The van der Waals surface area contributed by atoms with Gasteiger partial charge >= 0.3 is 6.18 Å². The second-order valence-corrected chi connectivity index (χ2v) is 16.1.